The van der Waals surface area contributed by atoms with Crippen LogP contribution in [0.1, 0.15) is 10.4 Å². The van der Waals surface area contributed by atoms with E-state index in [0.29, 0.717) is 0 Å². The van der Waals surface area contributed by atoms with Gasteiger partial charge >= 0.3 is 0 Å². The summed E-state index contributed by atoms with van der Waals surface area (Å²) in [5.41, 5.74) is 0.147. The Bertz CT molecular complexity index is 253. The van der Waals surface area contributed by atoms with E-state index in [-0.39, 0.29) is 12.2 Å². The lowest BCUT2D eigenvalue weighted by molar-refractivity contribution is 0.0998. The molecule has 0 aliphatic heterocycles. The number of carbonyl (C=O) groups is 1. The van der Waals surface area contributed by atoms with Gasteiger partial charge in [0.25, 0.3) is 0 Å². The average molecular weight is 155 g/mol. The van der Waals surface area contributed by atoms with Crippen molar-refractivity contribution < 1.29 is 13.6 Å². The van der Waals surface area contributed by atoms with Gasteiger partial charge in [0.15, 0.2) is 5.78 Å². The van der Waals surface area contributed by atoms with E-state index in [9.17, 15) is 13.6 Å². The molecule has 0 aliphatic rings. The number of hydrogen-bond donors (Lipinski definition) is 0. The van der Waals surface area contributed by atoms with Crippen LogP contribution < -0.4 is 0 Å². The molecule has 11 heavy (non-hydrogen) atoms. The molecule has 0 heterocycles. The minimum Gasteiger partial charge on any atom is -0.291 e. The van der Waals surface area contributed by atoms with Crippen LogP contribution >= 0.6 is 0 Å². The van der Waals surface area contributed by atoms with Crippen LogP contribution in [0.3, 0.4) is 0 Å². The molecule has 0 N–H and O–H groups in total. The molecule has 0 spiro atoms. The van der Waals surface area contributed by atoms with Gasteiger partial charge in [0.1, 0.15) is 5.82 Å². The largest absolute Gasteiger partial charge is 0.291 e. The molecule has 0 unspecified atom stereocenters. The summed E-state index contributed by atoms with van der Waals surface area (Å²) in [4.78, 5) is 10.6. The number of hydrogen-bond acceptors (Lipinski definition) is 1. The fraction of sp³-hybridized carbons (Fsp3) is 0. The number of rotatable bonds is 2. The van der Waals surface area contributed by atoms with Crippen LogP contribution in [-0.2, 0) is 0 Å². The van der Waals surface area contributed by atoms with E-state index in [4.69, 9.17) is 0 Å². The summed E-state index contributed by atoms with van der Waals surface area (Å²) in [5.74, 6) is -1.19. The first kappa shape index (κ1) is 7.85. The lowest BCUT2D eigenvalue weighted by atomic mass is 10.1. The molecule has 0 aromatic heterocycles. The molecule has 1 rings (SSSR count). The van der Waals surface area contributed by atoms with Gasteiger partial charge in [-0.1, -0.05) is 0 Å². The van der Waals surface area contributed by atoms with Crippen molar-refractivity contribution in [1.29, 1.82) is 0 Å². The van der Waals surface area contributed by atoms with Gasteiger partial charge in [-0.15, -0.1) is 0 Å². The van der Waals surface area contributed by atoms with Gasteiger partial charge in [0.05, 0.1) is 0 Å². The fourth-order valence-corrected chi connectivity index (χ4v) is 0.677. The molecular weight excluding hydrogens is 150 g/mol. The van der Waals surface area contributed by atoms with Crippen molar-refractivity contribution >= 4 is 5.78 Å². The first-order valence-electron chi connectivity index (χ1n) is 2.97. The van der Waals surface area contributed by atoms with Crippen molar-refractivity contribution in [3.05, 3.63) is 42.3 Å². The highest BCUT2D eigenvalue weighted by Gasteiger charge is 2.04. The quantitative estimate of drug-likeness (QED) is 0.598. The van der Waals surface area contributed by atoms with E-state index in [0.717, 1.165) is 12.1 Å². The Labute approximate surface area is 62.7 Å². The molecule has 0 atom stereocenters. The van der Waals surface area contributed by atoms with E-state index in [1.54, 1.807) is 0 Å². The van der Waals surface area contributed by atoms with Crippen LogP contribution in [0.25, 0.3) is 0 Å². The Hall–Kier alpha value is -1.25. The first-order chi connectivity index (χ1) is 5.24. The lowest BCUT2D eigenvalue weighted by Crippen LogP contribution is -1.95. The molecule has 1 aromatic rings. The lowest BCUT2D eigenvalue weighted by Gasteiger charge is -1.93. The Morgan fingerprint density at radius 2 is 1.82 bits per heavy atom. The maximum atomic E-state index is 12.2. The second kappa shape index (κ2) is 3.23. The fourth-order valence-electron chi connectivity index (χ4n) is 0.677. The molecule has 3 heteroatoms. The topological polar surface area (TPSA) is 17.1 Å². The molecule has 0 bridgehead atoms. The summed E-state index contributed by atoms with van der Waals surface area (Å²) in [6, 6.07) is 4.68. The van der Waals surface area contributed by atoms with Gasteiger partial charge in [-0.25, -0.2) is 8.78 Å². The standard InChI is InChI=1S/C8H5F2O/c9-5-8(11)6-1-3-7(10)4-2-6/h1-5H. The monoisotopic (exact) mass is 155 g/mol. The predicted molar refractivity (Wildman–Crippen MR) is 36.1 cm³/mol. The Balaban J connectivity index is 2.90. The molecule has 0 fully saturated rings. The van der Waals surface area contributed by atoms with Gasteiger partial charge in [0.2, 0.25) is 6.67 Å². The molecule has 1 aromatic carbocycles. The number of halogens is 2. The second-order valence-electron chi connectivity index (χ2n) is 1.98. The molecule has 1 radical (unpaired) electrons. The van der Waals surface area contributed by atoms with Gasteiger partial charge in [-0.3, -0.25) is 4.79 Å². The van der Waals surface area contributed by atoms with Crippen LogP contribution in [0.4, 0.5) is 8.78 Å². The summed E-state index contributed by atoms with van der Waals surface area (Å²) >= 11 is 0. The van der Waals surface area contributed by atoms with Crippen LogP contribution in [0, 0.1) is 12.5 Å². The zero-order valence-electron chi connectivity index (χ0n) is 5.55. The van der Waals surface area contributed by atoms with Crippen LogP contribution in [0.5, 0.6) is 0 Å². The predicted octanol–water partition coefficient (Wildman–Crippen LogP) is 2.14. The van der Waals surface area contributed by atoms with Crippen molar-refractivity contribution in [1.82, 2.24) is 0 Å². The van der Waals surface area contributed by atoms with E-state index >= 15 is 0 Å². The van der Waals surface area contributed by atoms with Gasteiger partial charge in [-0.05, 0) is 24.3 Å². The van der Waals surface area contributed by atoms with Crippen LogP contribution in [0.15, 0.2) is 24.3 Å². The Kier molecular flexibility index (Phi) is 2.31. The Morgan fingerprint density at radius 1 is 1.27 bits per heavy atom. The summed E-state index contributed by atoms with van der Waals surface area (Å²) in [5, 5.41) is 0. The third-order valence-electron chi connectivity index (χ3n) is 1.23. The second-order valence-corrected chi connectivity index (χ2v) is 1.98. The highest BCUT2D eigenvalue weighted by atomic mass is 19.1. The summed E-state index contributed by atoms with van der Waals surface area (Å²) in [7, 11) is 0. The van der Waals surface area contributed by atoms with Gasteiger partial charge in [0, 0.05) is 5.56 Å². The SMILES string of the molecule is O=C([CH]F)c1ccc(F)cc1. The Morgan fingerprint density at radius 3 is 2.27 bits per heavy atom. The number of Topliss-reactive ketones (excluding diaryl/α,β-unsaturated/α-hetero) is 1. The highest BCUT2D eigenvalue weighted by Crippen LogP contribution is 2.04. The minimum atomic E-state index is -0.745. The normalized spacial score (nSPS) is 9.64. The van der Waals surface area contributed by atoms with E-state index in [2.05, 4.69) is 0 Å². The first-order valence-corrected chi connectivity index (χ1v) is 2.97. The zero-order chi connectivity index (χ0) is 8.27. The average Bonchev–Trinajstić information content (AvgIpc) is 2.05. The minimum absolute atomic E-state index is 0.0484. The number of ketones is 1. The maximum Gasteiger partial charge on any atom is 0.201 e. The highest BCUT2D eigenvalue weighted by molar-refractivity contribution is 6.01. The maximum absolute atomic E-state index is 12.2. The van der Waals surface area contributed by atoms with Crippen LogP contribution in [0.2, 0.25) is 0 Å². The van der Waals surface area contributed by atoms with Crippen molar-refractivity contribution in [2.75, 3.05) is 0 Å². The third kappa shape index (κ3) is 1.83. The van der Waals surface area contributed by atoms with E-state index in [1.165, 1.54) is 12.1 Å². The van der Waals surface area contributed by atoms with Gasteiger partial charge < -0.3 is 0 Å². The molecular formula is C8H5F2O. The van der Waals surface area contributed by atoms with Crippen molar-refractivity contribution in [2.24, 2.45) is 0 Å². The molecule has 57 valence electrons. The van der Waals surface area contributed by atoms with Crippen molar-refractivity contribution in [3.63, 3.8) is 0 Å². The number of benzene rings is 1. The molecule has 0 amide bonds. The smallest absolute Gasteiger partial charge is 0.201 e. The van der Waals surface area contributed by atoms with Crippen molar-refractivity contribution in [2.45, 2.75) is 0 Å². The summed E-state index contributed by atoms with van der Waals surface area (Å²) in [6.45, 7) is -0.0484. The molecule has 0 saturated heterocycles. The zero-order valence-corrected chi connectivity index (χ0v) is 5.55. The van der Waals surface area contributed by atoms with Crippen molar-refractivity contribution in [3.8, 4) is 0 Å². The molecule has 0 saturated carbocycles. The van der Waals surface area contributed by atoms with E-state index < -0.39 is 11.6 Å². The summed E-state index contributed by atoms with van der Waals surface area (Å²) < 4.78 is 23.8. The molecule has 0 aliphatic carbocycles. The van der Waals surface area contributed by atoms with Crippen LogP contribution in [-0.4, -0.2) is 5.78 Å². The molecule has 1 nitrogen and oxygen atoms in total. The third-order valence-corrected chi connectivity index (χ3v) is 1.23. The van der Waals surface area contributed by atoms with Gasteiger partial charge in [-0.2, -0.15) is 0 Å². The van der Waals surface area contributed by atoms with E-state index in [1.807, 2.05) is 0 Å². The summed E-state index contributed by atoms with van der Waals surface area (Å²) in [6.07, 6.45) is 0. The number of carbonyl (C=O) groups excluding carboxylic acids is 1.